The molecule has 1 aliphatic heterocycles. The largest absolute Gasteiger partial charge is 0.496 e. The number of aromatic amines is 1. The minimum atomic E-state index is -0.908. The molecule has 5 rings (SSSR count). The predicted octanol–water partition coefficient (Wildman–Crippen LogP) is 4.66. The number of H-pyrrole nitrogens is 1. The number of fused-ring (bicyclic) bond motifs is 1. The summed E-state index contributed by atoms with van der Waals surface area (Å²) in [5.41, 5.74) is 5.09. The highest BCUT2D eigenvalue weighted by Gasteiger charge is 2.48. The minimum absolute atomic E-state index is 0.166. The maximum Gasteiger partial charge on any atom is 0.335 e. The molecule has 2 fully saturated rings. The molecule has 0 radical (unpaired) electrons. The first-order valence-electron chi connectivity index (χ1n) is 11.3. The lowest BCUT2D eigenvalue weighted by Crippen LogP contribution is -2.50. The molecule has 32 heavy (non-hydrogen) atoms. The van der Waals surface area contributed by atoms with Crippen LogP contribution in [0.15, 0.2) is 42.6 Å². The van der Waals surface area contributed by atoms with Crippen LogP contribution in [0.25, 0.3) is 10.9 Å². The number of carboxylic acid groups (broad SMARTS) is 1. The molecule has 6 nitrogen and oxygen atoms in total. The zero-order valence-electron chi connectivity index (χ0n) is 18.6. The second kappa shape index (κ2) is 7.94. The highest BCUT2D eigenvalue weighted by Crippen LogP contribution is 2.54. The van der Waals surface area contributed by atoms with Crippen LogP contribution in [0.4, 0.5) is 0 Å². The van der Waals surface area contributed by atoms with Crippen molar-refractivity contribution in [3.63, 3.8) is 0 Å². The number of nitrogens with one attached hydrogen (secondary N) is 1. The number of benzene rings is 2. The Morgan fingerprint density at radius 2 is 1.97 bits per heavy atom. The molecule has 3 N–H and O–H groups in total. The van der Waals surface area contributed by atoms with Crippen molar-refractivity contribution in [2.24, 2.45) is 5.41 Å². The van der Waals surface area contributed by atoms with Gasteiger partial charge in [0.1, 0.15) is 5.75 Å². The first-order valence-corrected chi connectivity index (χ1v) is 11.3. The van der Waals surface area contributed by atoms with Gasteiger partial charge in [-0.1, -0.05) is 12.1 Å². The summed E-state index contributed by atoms with van der Waals surface area (Å²) in [5, 5.41) is 20.5. The number of hydrogen-bond donors (Lipinski definition) is 3. The van der Waals surface area contributed by atoms with Gasteiger partial charge in [-0.3, -0.25) is 4.90 Å². The summed E-state index contributed by atoms with van der Waals surface area (Å²) in [5.74, 6) is -0.0104. The minimum Gasteiger partial charge on any atom is -0.496 e. The number of ether oxygens (including phenoxy) is 1. The Morgan fingerprint density at radius 1 is 1.22 bits per heavy atom. The third-order valence-corrected chi connectivity index (χ3v) is 7.57. The lowest BCUT2D eigenvalue weighted by molar-refractivity contribution is -0.0874. The molecule has 1 saturated heterocycles. The van der Waals surface area contributed by atoms with E-state index < -0.39 is 5.97 Å². The van der Waals surface area contributed by atoms with Gasteiger partial charge in [-0.25, -0.2) is 4.79 Å². The summed E-state index contributed by atoms with van der Waals surface area (Å²) in [4.78, 5) is 17.2. The van der Waals surface area contributed by atoms with E-state index in [4.69, 9.17) is 4.74 Å². The highest BCUT2D eigenvalue weighted by molar-refractivity contribution is 5.88. The second-order valence-corrected chi connectivity index (χ2v) is 9.57. The van der Waals surface area contributed by atoms with Crippen LogP contribution in [-0.4, -0.2) is 45.8 Å². The van der Waals surface area contributed by atoms with Gasteiger partial charge < -0.3 is 19.9 Å². The summed E-state index contributed by atoms with van der Waals surface area (Å²) >= 11 is 0. The third-order valence-electron chi connectivity index (χ3n) is 7.57. The molecule has 1 aliphatic carbocycles. The smallest absolute Gasteiger partial charge is 0.335 e. The molecule has 0 amide bonds. The number of carboxylic acids is 1. The van der Waals surface area contributed by atoms with Crippen LogP contribution >= 0.6 is 0 Å². The van der Waals surface area contributed by atoms with Crippen LogP contribution in [-0.2, 0) is 6.54 Å². The monoisotopic (exact) mass is 434 g/mol. The number of nitrogens with zero attached hydrogens (tertiary/aromatic N) is 1. The predicted molar refractivity (Wildman–Crippen MR) is 123 cm³/mol. The SMILES string of the molecule is COc1cc(C)c2[nH]ccc2c1CN1CCC2(CC(O)C2)CC1c1ccc(C(=O)O)cc1. The third kappa shape index (κ3) is 3.57. The Hall–Kier alpha value is -2.83. The Morgan fingerprint density at radius 3 is 2.62 bits per heavy atom. The second-order valence-electron chi connectivity index (χ2n) is 9.57. The number of aromatic carboxylic acids is 1. The maximum atomic E-state index is 11.3. The molecular formula is C26H30N2O4. The van der Waals surface area contributed by atoms with E-state index in [0.717, 1.165) is 61.2 Å². The van der Waals surface area contributed by atoms with Gasteiger partial charge in [0, 0.05) is 35.2 Å². The van der Waals surface area contributed by atoms with E-state index in [0.29, 0.717) is 5.56 Å². The Balaban J connectivity index is 1.50. The summed E-state index contributed by atoms with van der Waals surface area (Å²) in [6.45, 7) is 3.77. The van der Waals surface area contributed by atoms with Gasteiger partial charge in [-0.15, -0.1) is 0 Å². The van der Waals surface area contributed by atoms with Gasteiger partial charge in [-0.05, 0) is 80.0 Å². The zero-order valence-corrected chi connectivity index (χ0v) is 18.6. The molecule has 1 unspecified atom stereocenters. The molecule has 0 bridgehead atoms. The van der Waals surface area contributed by atoms with Gasteiger partial charge in [0.05, 0.1) is 18.8 Å². The number of likely N-dealkylation sites (tertiary alicyclic amines) is 1. The highest BCUT2D eigenvalue weighted by atomic mass is 16.5. The van der Waals surface area contributed by atoms with Crippen molar-refractivity contribution in [2.45, 2.75) is 51.3 Å². The Bertz CT molecular complexity index is 1140. The van der Waals surface area contributed by atoms with E-state index in [1.807, 2.05) is 18.3 Å². The summed E-state index contributed by atoms with van der Waals surface area (Å²) in [6.07, 6.45) is 5.55. The normalized spacial score (nSPS) is 25.7. The number of rotatable bonds is 5. The van der Waals surface area contributed by atoms with E-state index >= 15 is 0 Å². The number of aliphatic hydroxyl groups is 1. The van der Waals surface area contributed by atoms with Crippen LogP contribution in [0.3, 0.4) is 0 Å². The average Bonchev–Trinajstić information content (AvgIpc) is 3.26. The fraction of sp³-hybridized carbons (Fsp3) is 0.423. The quantitative estimate of drug-likeness (QED) is 0.544. The summed E-state index contributed by atoms with van der Waals surface area (Å²) in [6, 6.07) is 11.7. The molecule has 1 saturated carbocycles. The van der Waals surface area contributed by atoms with Crippen molar-refractivity contribution in [3.8, 4) is 5.75 Å². The molecule has 1 atom stereocenters. The molecular weight excluding hydrogens is 404 g/mol. The van der Waals surface area contributed by atoms with Crippen molar-refractivity contribution in [3.05, 3.63) is 64.8 Å². The lowest BCUT2D eigenvalue weighted by atomic mass is 9.59. The van der Waals surface area contributed by atoms with Gasteiger partial charge in [0.2, 0.25) is 0 Å². The first-order chi connectivity index (χ1) is 15.4. The topological polar surface area (TPSA) is 85.8 Å². The van der Waals surface area contributed by atoms with E-state index in [1.165, 1.54) is 10.9 Å². The van der Waals surface area contributed by atoms with Crippen LogP contribution < -0.4 is 4.74 Å². The number of piperidine rings is 1. The van der Waals surface area contributed by atoms with Crippen LogP contribution in [0.2, 0.25) is 0 Å². The number of aromatic nitrogens is 1. The van der Waals surface area contributed by atoms with Crippen molar-refractivity contribution < 1.29 is 19.7 Å². The molecule has 2 aromatic carbocycles. The molecule has 3 aromatic rings. The van der Waals surface area contributed by atoms with Crippen LogP contribution in [0.1, 0.15) is 58.8 Å². The lowest BCUT2D eigenvalue weighted by Gasteiger charge is -2.54. The number of aryl methyl sites for hydroxylation is 1. The zero-order chi connectivity index (χ0) is 22.5. The number of hydrogen-bond acceptors (Lipinski definition) is 4. The fourth-order valence-electron chi connectivity index (χ4n) is 5.84. The fourth-order valence-corrected chi connectivity index (χ4v) is 5.84. The first kappa shape index (κ1) is 21.0. The Labute approximate surface area is 187 Å². The molecule has 1 aromatic heterocycles. The Kier molecular flexibility index (Phi) is 5.22. The van der Waals surface area contributed by atoms with E-state index in [-0.39, 0.29) is 17.6 Å². The van der Waals surface area contributed by atoms with Crippen LogP contribution in [0, 0.1) is 12.3 Å². The molecule has 1 spiro atoms. The number of methoxy groups -OCH3 is 1. The van der Waals surface area contributed by atoms with Crippen molar-refractivity contribution >= 4 is 16.9 Å². The summed E-state index contributed by atoms with van der Waals surface area (Å²) in [7, 11) is 1.72. The van der Waals surface area contributed by atoms with Gasteiger partial charge in [0.25, 0.3) is 0 Å². The van der Waals surface area contributed by atoms with Gasteiger partial charge >= 0.3 is 5.97 Å². The summed E-state index contributed by atoms with van der Waals surface area (Å²) < 4.78 is 5.78. The number of carbonyl (C=O) groups is 1. The van der Waals surface area contributed by atoms with Crippen molar-refractivity contribution in [1.82, 2.24) is 9.88 Å². The van der Waals surface area contributed by atoms with Gasteiger partial charge in [0.15, 0.2) is 0 Å². The maximum absolute atomic E-state index is 11.3. The van der Waals surface area contributed by atoms with Gasteiger partial charge in [-0.2, -0.15) is 0 Å². The molecule has 6 heteroatoms. The molecule has 2 aliphatic rings. The standard InChI is InChI=1S/C26H30N2O4/c1-16-11-23(32-2)21(20-7-9-27-24(16)20)15-28-10-8-26(12-19(29)13-26)14-22(28)17-3-5-18(6-4-17)25(30)31/h3-7,9,11,19,22,27,29H,8,10,12-15H2,1-2H3,(H,30,31). The van der Waals surface area contributed by atoms with E-state index in [9.17, 15) is 15.0 Å². The van der Waals surface area contributed by atoms with Crippen LogP contribution in [0.5, 0.6) is 5.75 Å². The van der Waals surface area contributed by atoms with E-state index in [2.05, 4.69) is 28.9 Å². The van der Waals surface area contributed by atoms with Crippen molar-refractivity contribution in [1.29, 1.82) is 0 Å². The average molecular weight is 435 g/mol. The number of aliphatic hydroxyl groups excluding tert-OH is 1. The molecule has 2 heterocycles. The van der Waals surface area contributed by atoms with E-state index in [1.54, 1.807) is 19.2 Å². The van der Waals surface area contributed by atoms with Crippen molar-refractivity contribution in [2.75, 3.05) is 13.7 Å². The molecule has 168 valence electrons.